The van der Waals surface area contributed by atoms with Gasteiger partial charge in [-0.1, -0.05) is 20.8 Å². The highest BCUT2D eigenvalue weighted by Gasteiger charge is 2.24. The van der Waals surface area contributed by atoms with Crippen LogP contribution in [-0.2, 0) is 0 Å². The first-order valence-corrected chi connectivity index (χ1v) is 7.45. The third kappa shape index (κ3) is 4.59. The van der Waals surface area contributed by atoms with Crippen LogP contribution in [0.4, 0.5) is 0 Å². The molecule has 1 fully saturated rings. The van der Waals surface area contributed by atoms with Crippen LogP contribution in [-0.4, -0.2) is 37.6 Å². The van der Waals surface area contributed by atoms with Gasteiger partial charge in [-0.2, -0.15) is 0 Å². The predicted octanol–water partition coefficient (Wildman–Crippen LogP) is 2.99. The van der Waals surface area contributed by atoms with Crippen molar-refractivity contribution in [2.75, 3.05) is 26.7 Å². The minimum atomic E-state index is 0.716. The summed E-state index contributed by atoms with van der Waals surface area (Å²) in [6, 6.07) is 0.716. The molecule has 0 amide bonds. The Hall–Kier alpha value is -0.0800. The third-order valence-electron chi connectivity index (χ3n) is 4.68. The molecule has 0 radical (unpaired) electrons. The van der Waals surface area contributed by atoms with Gasteiger partial charge >= 0.3 is 0 Å². The molecule has 0 aromatic rings. The fourth-order valence-corrected chi connectivity index (χ4v) is 3.07. The van der Waals surface area contributed by atoms with E-state index in [1.807, 2.05) is 0 Å². The third-order valence-corrected chi connectivity index (χ3v) is 4.68. The minimum Gasteiger partial charge on any atom is -0.319 e. The van der Waals surface area contributed by atoms with Crippen LogP contribution in [0.5, 0.6) is 0 Å². The number of likely N-dealkylation sites (tertiary alicyclic amines) is 1. The lowest BCUT2D eigenvalue weighted by Gasteiger charge is -2.32. The molecule has 3 atom stereocenters. The molecule has 1 N–H and O–H groups in total. The molecule has 1 heterocycles. The molecule has 0 aromatic heterocycles. The zero-order valence-electron chi connectivity index (χ0n) is 12.5. The second-order valence-corrected chi connectivity index (χ2v) is 6.25. The van der Waals surface area contributed by atoms with E-state index >= 15 is 0 Å². The zero-order valence-corrected chi connectivity index (χ0v) is 12.5. The van der Waals surface area contributed by atoms with E-state index in [9.17, 15) is 0 Å². The number of nitrogens with zero attached hydrogens (tertiary/aromatic N) is 1. The van der Waals surface area contributed by atoms with Gasteiger partial charge in [-0.3, -0.25) is 0 Å². The largest absolute Gasteiger partial charge is 0.319 e. The monoisotopic (exact) mass is 240 g/mol. The highest BCUT2D eigenvalue weighted by Crippen LogP contribution is 2.26. The number of hydrogen-bond donors (Lipinski definition) is 1. The summed E-state index contributed by atoms with van der Waals surface area (Å²) < 4.78 is 0. The molecular formula is C15H32N2. The molecular weight excluding hydrogens is 208 g/mol. The highest BCUT2D eigenvalue weighted by atomic mass is 15.2. The summed E-state index contributed by atoms with van der Waals surface area (Å²) in [6.07, 6.45) is 4.22. The van der Waals surface area contributed by atoms with E-state index in [1.54, 1.807) is 0 Å². The summed E-state index contributed by atoms with van der Waals surface area (Å²) in [4.78, 5) is 2.71. The zero-order chi connectivity index (χ0) is 12.8. The Labute approximate surface area is 108 Å². The fraction of sp³-hybridized carbons (Fsp3) is 1.00. The van der Waals surface area contributed by atoms with Gasteiger partial charge in [0.15, 0.2) is 0 Å². The van der Waals surface area contributed by atoms with E-state index < -0.39 is 0 Å². The van der Waals surface area contributed by atoms with Crippen molar-refractivity contribution in [2.24, 2.45) is 17.8 Å². The van der Waals surface area contributed by atoms with E-state index in [0.717, 1.165) is 24.3 Å². The van der Waals surface area contributed by atoms with Crippen LogP contribution in [0.2, 0.25) is 0 Å². The van der Waals surface area contributed by atoms with E-state index in [0.29, 0.717) is 6.04 Å². The van der Waals surface area contributed by atoms with Crippen molar-refractivity contribution in [2.45, 2.75) is 53.0 Å². The fourth-order valence-electron chi connectivity index (χ4n) is 3.07. The lowest BCUT2D eigenvalue weighted by Crippen LogP contribution is -2.41. The number of hydrogen-bond acceptors (Lipinski definition) is 2. The van der Waals surface area contributed by atoms with Crippen molar-refractivity contribution in [3.05, 3.63) is 0 Å². The maximum absolute atomic E-state index is 3.30. The Morgan fingerprint density at radius 2 is 1.82 bits per heavy atom. The van der Waals surface area contributed by atoms with Crippen LogP contribution >= 0.6 is 0 Å². The lowest BCUT2D eigenvalue weighted by atomic mass is 9.89. The quantitative estimate of drug-likeness (QED) is 0.795. The number of nitrogens with one attached hydrogen (secondary N) is 1. The summed E-state index contributed by atoms with van der Waals surface area (Å²) in [6.45, 7) is 13.3. The average molecular weight is 240 g/mol. The molecule has 1 rings (SSSR count). The van der Waals surface area contributed by atoms with E-state index in [1.165, 1.54) is 32.4 Å². The van der Waals surface area contributed by atoms with Crippen molar-refractivity contribution < 1.29 is 0 Å². The van der Waals surface area contributed by atoms with Crippen molar-refractivity contribution in [3.63, 3.8) is 0 Å². The van der Waals surface area contributed by atoms with Crippen molar-refractivity contribution in [1.82, 2.24) is 10.2 Å². The van der Waals surface area contributed by atoms with Gasteiger partial charge in [0.1, 0.15) is 0 Å². The van der Waals surface area contributed by atoms with Crippen molar-refractivity contribution in [3.8, 4) is 0 Å². The molecule has 2 heteroatoms. The van der Waals surface area contributed by atoms with Gasteiger partial charge in [0.25, 0.3) is 0 Å². The van der Waals surface area contributed by atoms with E-state index in [4.69, 9.17) is 0 Å². The molecule has 17 heavy (non-hydrogen) atoms. The molecule has 102 valence electrons. The second kappa shape index (κ2) is 7.38. The van der Waals surface area contributed by atoms with Crippen LogP contribution in [0, 0.1) is 17.8 Å². The highest BCUT2D eigenvalue weighted by molar-refractivity contribution is 4.79. The first kappa shape index (κ1) is 15.0. The normalized spacial score (nSPS) is 26.8. The van der Waals surface area contributed by atoms with Crippen LogP contribution in [0.15, 0.2) is 0 Å². The first-order chi connectivity index (χ1) is 8.06. The van der Waals surface area contributed by atoms with Gasteiger partial charge in [0.2, 0.25) is 0 Å². The van der Waals surface area contributed by atoms with Crippen molar-refractivity contribution >= 4 is 0 Å². The first-order valence-electron chi connectivity index (χ1n) is 7.45. The molecule has 1 aliphatic rings. The maximum atomic E-state index is 3.30. The second-order valence-electron chi connectivity index (χ2n) is 6.25. The summed E-state index contributed by atoms with van der Waals surface area (Å²) in [7, 11) is 2.06. The minimum absolute atomic E-state index is 0.716. The van der Waals surface area contributed by atoms with Crippen LogP contribution in [0.25, 0.3) is 0 Å². The molecule has 1 saturated heterocycles. The molecule has 0 bridgehead atoms. The standard InChI is InChI=1S/C15H32N2/c1-12(2)15-7-6-9-17(10-8-15)14(4)13(3)11-16-5/h12-16H,6-11H2,1-5H3. The molecule has 0 saturated carbocycles. The molecule has 3 unspecified atom stereocenters. The van der Waals surface area contributed by atoms with Crippen LogP contribution in [0.3, 0.4) is 0 Å². The Balaban J connectivity index is 2.44. The smallest absolute Gasteiger partial charge is 0.0105 e. The summed E-state index contributed by atoms with van der Waals surface area (Å²) in [5.41, 5.74) is 0. The summed E-state index contributed by atoms with van der Waals surface area (Å²) in [5, 5.41) is 3.30. The lowest BCUT2D eigenvalue weighted by molar-refractivity contribution is 0.163. The van der Waals surface area contributed by atoms with E-state index in [2.05, 4.69) is 45.0 Å². The Morgan fingerprint density at radius 3 is 2.41 bits per heavy atom. The topological polar surface area (TPSA) is 15.3 Å². The molecule has 0 aliphatic carbocycles. The SMILES string of the molecule is CNCC(C)C(C)N1CCCC(C(C)C)CC1. The predicted molar refractivity (Wildman–Crippen MR) is 76.3 cm³/mol. The van der Waals surface area contributed by atoms with Gasteiger partial charge in [-0.15, -0.1) is 0 Å². The van der Waals surface area contributed by atoms with Crippen LogP contribution < -0.4 is 5.32 Å². The van der Waals surface area contributed by atoms with Crippen LogP contribution in [0.1, 0.15) is 47.0 Å². The Kier molecular flexibility index (Phi) is 6.50. The van der Waals surface area contributed by atoms with Gasteiger partial charge in [-0.25, -0.2) is 0 Å². The molecule has 0 spiro atoms. The van der Waals surface area contributed by atoms with E-state index in [-0.39, 0.29) is 0 Å². The molecule has 2 nitrogen and oxygen atoms in total. The van der Waals surface area contributed by atoms with Gasteiger partial charge in [0.05, 0.1) is 0 Å². The van der Waals surface area contributed by atoms with Gasteiger partial charge in [0, 0.05) is 6.04 Å². The number of rotatable bonds is 5. The summed E-state index contributed by atoms with van der Waals surface area (Å²) >= 11 is 0. The summed E-state index contributed by atoms with van der Waals surface area (Å²) in [5.74, 6) is 2.56. The average Bonchev–Trinajstić information content (AvgIpc) is 2.53. The molecule has 0 aromatic carbocycles. The maximum Gasteiger partial charge on any atom is 0.0105 e. The molecule has 1 aliphatic heterocycles. The Morgan fingerprint density at radius 1 is 1.12 bits per heavy atom. The Bertz CT molecular complexity index is 203. The van der Waals surface area contributed by atoms with Gasteiger partial charge in [-0.05, 0) is 70.6 Å². The van der Waals surface area contributed by atoms with Gasteiger partial charge < -0.3 is 10.2 Å². The van der Waals surface area contributed by atoms with Crippen molar-refractivity contribution in [1.29, 1.82) is 0 Å².